The first-order valence-corrected chi connectivity index (χ1v) is 6.60. The molecule has 0 aliphatic rings. The Bertz CT molecular complexity index is 795. The Morgan fingerprint density at radius 2 is 1.77 bits per heavy atom. The predicted molar refractivity (Wildman–Crippen MR) is 77.9 cm³/mol. The molecule has 3 aromatic rings. The molecule has 0 radical (unpaired) electrons. The van der Waals surface area contributed by atoms with Gasteiger partial charge in [0, 0.05) is 11.1 Å². The zero-order chi connectivity index (χ0) is 15.5. The molecule has 6 heteroatoms. The summed E-state index contributed by atoms with van der Waals surface area (Å²) in [6, 6.07) is 11.9. The number of rotatable bonds is 4. The highest BCUT2D eigenvalue weighted by Gasteiger charge is 2.10. The fourth-order valence-electron chi connectivity index (χ4n) is 2.01. The van der Waals surface area contributed by atoms with Gasteiger partial charge in [-0.15, -0.1) is 5.10 Å². The number of carbonyl (C=O) groups is 1. The molecule has 0 saturated heterocycles. The zero-order valence-corrected chi connectivity index (χ0v) is 11.5. The molecule has 110 valence electrons. The van der Waals surface area contributed by atoms with Gasteiger partial charge in [-0.1, -0.05) is 5.21 Å². The Morgan fingerprint density at radius 3 is 2.45 bits per heavy atom. The van der Waals surface area contributed by atoms with Crippen LogP contribution in [0.3, 0.4) is 0 Å². The van der Waals surface area contributed by atoms with Gasteiger partial charge in [0.05, 0.1) is 6.20 Å². The van der Waals surface area contributed by atoms with E-state index in [-0.39, 0.29) is 23.9 Å². The van der Waals surface area contributed by atoms with E-state index >= 15 is 0 Å². The lowest BCUT2D eigenvalue weighted by Gasteiger charge is -2.01. The Morgan fingerprint density at radius 1 is 1.09 bits per heavy atom. The van der Waals surface area contributed by atoms with Gasteiger partial charge < -0.3 is 5.11 Å². The molecule has 1 N–H and O–H groups in total. The van der Waals surface area contributed by atoms with Crippen molar-refractivity contribution in [2.45, 2.75) is 6.54 Å². The summed E-state index contributed by atoms with van der Waals surface area (Å²) in [5.41, 5.74) is 1.78. The molecular weight excluding hydrogens is 285 g/mol. The van der Waals surface area contributed by atoms with Crippen molar-refractivity contribution in [3.63, 3.8) is 0 Å². The Labute approximate surface area is 125 Å². The number of Topliss-reactive ketones (excluding diaryl/α,β-unsaturated/α-hetero) is 1. The second-order valence-corrected chi connectivity index (χ2v) is 4.78. The Kier molecular flexibility index (Phi) is 3.65. The van der Waals surface area contributed by atoms with E-state index in [2.05, 4.69) is 10.3 Å². The van der Waals surface area contributed by atoms with Gasteiger partial charge in [0.2, 0.25) is 0 Å². The number of nitrogens with zero attached hydrogens (tertiary/aromatic N) is 3. The number of carbonyl (C=O) groups excluding carboxylic acids is 1. The van der Waals surface area contributed by atoms with Crippen molar-refractivity contribution < 1.29 is 14.3 Å². The summed E-state index contributed by atoms with van der Waals surface area (Å²) in [6.07, 6.45) is 1.63. The van der Waals surface area contributed by atoms with Crippen LogP contribution in [0.15, 0.2) is 54.7 Å². The fraction of sp³-hybridized carbons (Fsp3) is 0.0625. The molecule has 0 bridgehead atoms. The highest BCUT2D eigenvalue weighted by Crippen LogP contribution is 2.16. The molecule has 22 heavy (non-hydrogen) atoms. The third-order valence-corrected chi connectivity index (χ3v) is 3.17. The minimum atomic E-state index is -0.321. The number of phenols is 1. The van der Waals surface area contributed by atoms with E-state index in [0.29, 0.717) is 11.3 Å². The molecule has 5 nitrogen and oxygen atoms in total. The molecule has 1 aromatic heterocycles. The maximum absolute atomic E-state index is 12.9. The predicted octanol–water partition coefficient (Wildman–Crippen LogP) is 2.67. The quantitative estimate of drug-likeness (QED) is 0.752. The minimum absolute atomic E-state index is 0.0406. The van der Waals surface area contributed by atoms with Crippen LogP contribution in [0.4, 0.5) is 4.39 Å². The van der Waals surface area contributed by atoms with Crippen molar-refractivity contribution in [1.29, 1.82) is 0 Å². The van der Waals surface area contributed by atoms with Crippen molar-refractivity contribution >= 4 is 5.78 Å². The Hall–Kier alpha value is -3.02. The lowest BCUT2D eigenvalue weighted by Crippen LogP contribution is -2.10. The third kappa shape index (κ3) is 3.01. The highest BCUT2D eigenvalue weighted by molar-refractivity contribution is 5.95. The van der Waals surface area contributed by atoms with Crippen LogP contribution in [-0.4, -0.2) is 25.9 Å². The van der Waals surface area contributed by atoms with Crippen molar-refractivity contribution in [3.05, 3.63) is 66.1 Å². The standard InChI is InChI=1S/C16H12FN3O2/c17-13-5-1-11(2-6-13)15-9-20(19-18-15)10-16(22)12-3-7-14(21)8-4-12/h1-9,21H,10H2. The van der Waals surface area contributed by atoms with Crippen LogP contribution in [-0.2, 0) is 6.54 Å². The van der Waals surface area contributed by atoms with Crippen LogP contribution in [0.1, 0.15) is 10.4 Å². The van der Waals surface area contributed by atoms with Crippen molar-refractivity contribution in [3.8, 4) is 17.0 Å². The average molecular weight is 297 g/mol. The summed E-state index contributed by atoms with van der Waals surface area (Å²) in [4.78, 5) is 12.1. The average Bonchev–Trinajstić information content (AvgIpc) is 2.97. The molecule has 0 atom stereocenters. The first-order valence-electron chi connectivity index (χ1n) is 6.60. The largest absolute Gasteiger partial charge is 0.508 e. The minimum Gasteiger partial charge on any atom is -0.508 e. The van der Waals surface area contributed by atoms with Crippen LogP contribution in [0, 0.1) is 5.82 Å². The third-order valence-electron chi connectivity index (χ3n) is 3.17. The SMILES string of the molecule is O=C(Cn1cc(-c2ccc(F)cc2)nn1)c1ccc(O)cc1. The molecule has 0 aliphatic carbocycles. The van der Waals surface area contributed by atoms with E-state index in [1.807, 2.05) is 0 Å². The van der Waals surface area contributed by atoms with E-state index in [0.717, 1.165) is 5.56 Å². The van der Waals surface area contributed by atoms with Gasteiger partial charge in [0.15, 0.2) is 5.78 Å². The number of hydrogen-bond donors (Lipinski definition) is 1. The number of halogens is 1. The lowest BCUT2D eigenvalue weighted by molar-refractivity contribution is 0.0967. The van der Waals surface area contributed by atoms with Gasteiger partial charge in [0.25, 0.3) is 0 Å². The molecule has 3 rings (SSSR count). The van der Waals surface area contributed by atoms with E-state index in [4.69, 9.17) is 0 Å². The summed E-state index contributed by atoms with van der Waals surface area (Å²) in [7, 11) is 0. The van der Waals surface area contributed by atoms with Crippen LogP contribution in [0.5, 0.6) is 5.75 Å². The first-order chi connectivity index (χ1) is 10.6. The van der Waals surface area contributed by atoms with Crippen molar-refractivity contribution in [2.24, 2.45) is 0 Å². The number of ketones is 1. The Balaban J connectivity index is 1.75. The van der Waals surface area contributed by atoms with Crippen LogP contribution in [0.2, 0.25) is 0 Å². The number of hydrogen-bond acceptors (Lipinski definition) is 4. The van der Waals surface area contributed by atoms with Crippen LogP contribution in [0.25, 0.3) is 11.3 Å². The lowest BCUT2D eigenvalue weighted by atomic mass is 10.1. The summed E-state index contributed by atoms with van der Waals surface area (Å²) in [6.45, 7) is 0.0406. The first kappa shape index (κ1) is 13.9. The van der Waals surface area contributed by atoms with Crippen LogP contribution >= 0.6 is 0 Å². The maximum Gasteiger partial charge on any atom is 0.184 e. The molecule has 0 unspecified atom stereocenters. The van der Waals surface area contributed by atoms with Crippen molar-refractivity contribution in [2.75, 3.05) is 0 Å². The molecular formula is C16H12FN3O2. The molecule has 2 aromatic carbocycles. The topological polar surface area (TPSA) is 68.0 Å². The van der Waals surface area contributed by atoms with Gasteiger partial charge in [-0.25, -0.2) is 9.07 Å². The highest BCUT2D eigenvalue weighted by atomic mass is 19.1. The summed E-state index contributed by atoms with van der Waals surface area (Å²) < 4.78 is 14.3. The van der Waals surface area contributed by atoms with Gasteiger partial charge in [-0.05, 0) is 48.5 Å². The number of benzene rings is 2. The van der Waals surface area contributed by atoms with Crippen molar-refractivity contribution in [1.82, 2.24) is 15.0 Å². The second kappa shape index (κ2) is 5.77. The number of aromatic nitrogens is 3. The second-order valence-electron chi connectivity index (χ2n) is 4.78. The van der Waals surface area contributed by atoms with E-state index in [9.17, 15) is 14.3 Å². The monoisotopic (exact) mass is 297 g/mol. The fourth-order valence-corrected chi connectivity index (χ4v) is 2.01. The summed E-state index contributed by atoms with van der Waals surface area (Å²) >= 11 is 0. The zero-order valence-electron chi connectivity index (χ0n) is 11.5. The van der Waals surface area contributed by atoms with Gasteiger partial charge in [0.1, 0.15) is 23.8 Å². The molecule has 0 saturated carbocycles. The van der Waals surface area contributed by atoms with E-state index < -0.39 is 0 Å². The maximum atomic E-state index is 12.9. The van der Waals surface area contributed by atoms with Gasteiger partial charge >= 0.3 is 0 Å². The molecule has 1 heterocycles. The molecule has 0 fully saturated rings. The smallest absolute Gasteiger partial charge is 0.184 e. The summed E-state index contributed by atoms with van der Waals surface area (Å²) in [5, 5.41) is 17.1. The molecule has 0 amide bonds. The number of aromatic hydroxyl groups is 1. The summed E-state index contributed by atoms with van der Waals surface area (Å²) in [5.74, 6) is -0.356. The normalized spacial score (nSPS) is 10.6. The van der Waals surface area contributed by atoms with Gasteiger partial charge in [-0.3, -0.25) is 4.79 Å². The molecule has 0 aliphatic heterocycles. The van der Waals surface area contributed by atoms with Crippen LogP contribution < -0.4 is 0 Å². The number of phenolic OH excluding ortho intramolecular Hbond substituents is 1. The van der Waals surface area contributed by atoms with E-state index in [1.54, 1.807) is 30.5 Å². The molecule has 0 spiro atoms. The van der Waals surface area contributed by atoms with Gasteiger partial charge in [-0.2, -0.15) is 0 Å². The van der Waals surface area contributed by atoms with E-state index in [1.165, 1.54) is 28.9 Å².